The third-order valence-electron chi connectivity index (χ3n) is 5.86. The van der Waals surface area contributed by atoms with Crippen molar-refractivity contribution in [1.82, 2.24) is 5.32 Å². The van der Waals surface area contributed by atoms with Crippen LogP contribution in [-0.2, 0) is 14.3 Å². The van der Waals surface area contributed by atoms with Crippen molar-refractivity contribution in [1.29, 1.82) is 0 Å². The number of rotatable bonds is 5. The Labute approximate surface area is 125 Å². The van der Waals surface area contributed by atoms with Crippen molar-refractivity contribution >= 4 is 11.9 Å². The molecule has 1 aliphatic heterocycles. The number of carbonyl (C=O) groups is 2. The Balaban J connectivity index is 1.49. The first-order valence-electron chi connectivity index (χ1n) is 8.17. The molecule has 5 heteroatoms. The van der Waals surface area contributed by atoms with Crippen LogP contribution >= 0.6 is 0 Å². The van der Waals surface area contributed by atoms with Crippen LogP contribution in [0.3, 0.4) is 0 Å². The van der Waals surface area contributed by atoms with Crippen molar-refractivity contribution in [2.45, 2.75) is 44.9 Å². The van der Waals surface area contributed by atoms with E-state index in [0.717, 1.165) is 11.8 Å². The summed E-state index contributed by atoms with van der Waals surface area (Å²) in [7, 11) is 0. The van der Waals surface area contributed by atoms with E-state index >= 15 is 0 Å². The van der Waals surface area contributed by atoms with Gasteiger partial charge in [0, 0.05) is 26.2 Å². The third-order valence-corrected chi connectivity index (χ3v) is 5.86. The molecule has 2 N–H and O–H groups in total. The van der Waals surface area contributed by atoms with Crippen molar-refractivity contribution in [2.75, 3.05) is 19.8 Å². The highest BCUT2D eigenvalue weighted by atomic mass is 16.5. The molecule has 0 radical (unpaired) electrons. The maximum atomic E-state index is 12.1. The lowest BCUT2D eigenvalue weighted by molar-refractivity contribution is -0.154. The minimum Gasteiger partial charge on any atom is -0.481 e. The average Bonchev–Trinajstić information content (AvgIpc) is 3.08. The van der Waals surface area contributed by atoms with Crippen LogP contribution in [-0.4, -0.2) is 36.7 Å². The molecule has 118 valence electrons. The first-order chi connectivity index (χ1) is 10.1. The molecule has 0 aromatic rings. The average molecular weight is 295 g/mol. The van der Waals surface area contributed by atoms with Crippen molar-refractivity contribution in [3.05, 3.63) is 0 Å². The molecule has 3 rings (SSSR count). The van der Waals surface area contributed by atoms with Crippen LogP contribution in [0.4, 0.5) is 0 Å². The van der Waals surface area contributed by atoms with E-state index in [9.17, 15) is 14.7 Å². The standard InChI is InChI=1S/C16H25NO4/c18-14(9-13-8-11-1-2-12(13)7-11)17-10-16(15(19)20)3-5-21-6-4-16/h11-13H,1-10H2,(H,17,18)(H,19,20). The number of aliphatic carboxylic acids is 1. The number of carboxylic acids is 1. The molecule has 0 aromatic carbocycles. The fourth-order valence-corrected chi connectivity index (χ4v) is 4.43. The second-order valence-electron chi connectivity index (χ2n) is 7.11. The second-order valence-corrected chi connectivity index (χ2v) is 7.11. The highest BCUT2D eigenvalue weighted by Crippen LogP contribution is 2.49. The number of hydrogen-bond donors (Lipinski definition) is 2. The number of carboxylic acid groups (broad SMARTS) is 1. The predicted octanol–water partition coefficient (Wildman–Crippen LogP) is 1.81. The number of carbonyl (C=O) groups excluding carboxylic acids is 1. The number of amides is 1. The van der Waals surface area contributed by atoms with Gasteiger partial charge < -0.3 is 15.2 Å². The summed E-state index contributed by atoms with van der Waals surface area (Å²) in [6.45, 7) is 1.18. The molecular weight excluding hydrogens is 270 g/mol. The van der Waals surface area contributed by atoms with Gasteiger partial charge in [0.2, 0.25) is 5.91 Å². The molecular formula is C16H25NO4. The summed E-state index contributed by atoms with van der Waals surface area (Å²) in [4.78, 5) is 23.7. The smallest absolute Gasteiger partial charge is 0.311 e. The van der Waals surface area contributed by atoms with Gasteiger partial charge >= 0.3 is 5.97 Å². The maximum absolute atomic E-state index is 12.1. The van der Waals surface area contributed by atoms with Crippen LogP contribution in [0, 0.1) is 23.2 Å². The van der Waals surface area contributed by atoms with Gasteiger partial charge in [0.1, 0.15) is 0 Å². The molecule has 2 aliphatic carbocycles. The molecule has 5 nitrogen and oxygen atoms in total. The highest BCUT2D eigenvalue weighted by Gasteiger charge is 2.42. The molecule has 3 unspecified atom stereocenters. The minimum absolute atomic E-state index is 0.0275. The molecule has 3 fully saturated rings. The van der Waals surface area contributed by atoms with Crippen molar-refractivity contribution < 1.29 is 19.4 Å². The molecule has 1 amide bonds. The van der Waals surface area contributed by atoms with Crippen molar-refractivity contribution in [3.63, 3.8) is 0 Å². The first kappa shape index (κ1) is 14.8. The monoisotopic (exact) mass is 295 g/mol. The number of nitrogens with one attached hydrogen (secondary N) is 1. The number of fused-ring (bicyclic) bond motifs is 2. The summed E-state index contributed by atoms with van der Waals surface area (Å²) in [5, 5.41) is 12.4. The molecule has 3 aliphatic rings. The van der Waals surface area contributed by atoms with E-state index in [1.165, 1.54) is 25.7 Å². The van der Waals surface area contributed by atoms with Crippen molar-refractivity contribution in [2.24, 2.45) is 23.2 Å². The largest absolute Gasteiger partial charge is 0.481 e. The molecule has 2 saturated carbocycles. The van der Waals surface area contributed by atoms with Gasteiger partial charge in [-0.25, -0.2) is 0 Å². The Bertz CT molecular complexity index is 417. The van der Waals surface area contributed by atoms with Gasteiger partial charge in [0.05, 0.1) is 5.41 Å². The lowest BCUT2D eigenvalue weighted by Gasteiger charge is -2.33. The number of hydrogen-bond acceptors (Lipinski definition) is 3. The summed E-state index contributed by atoms with van der Waals surface area (Å²) in [6, 6.07) is 0. The van der Waals surface area contributed by atoms with E-state index in [-0.39, 0.29) is 12.5 Å². The maximum Gasteiger partial charge on any atom is 0.311 e. The second kappa shape index (κ2) is 5.95. The van der Waals surface area contributed by atoms with Crippen LogP contribution < -0.4 is 5.32 Å². The van der Waals surface area contributed by atoms with Crippen LogP contribution in [0.1, 0.15) is 44.9 Å². The Morgan fingerprint density at radius 3 is 2.52 bits per heavy atom. The molecule has 21 heavy (non-hydrogen) atoms. The minimum atomic E-state index is -0.831. The van der Waals surface area contributed by atoms with E-state index in [4.69, 9.17) is 4.74 Å². The highest BCUT2D eigenvalue weighted by molar-refractivity contribution is 5.79. The zero-order valence-electron chi connectivity index (χ0n) is 12.5. The van der Waals surface area contributed by atoms with Crippen LogP contribution in [0.25, 0.3) is 0 Å². The van der Waals surface area contributed by atoms with Crippen LogP contribution in [0.5, 0.6) is 0 Å². The van der Waals surface area contributed by atoms with Crippen LogP contribution in [0.2, 0.25) is 0 Å². The van der Waals surface area contributed by atoms with Gasteiger partial charge in [0.25, 0.3) is 0 Å². The van der Waals surface area contributed by atoms with E-state index in [1.807, 2.05) is 0 Å². The summed E-state index contributed by atoms with van der Waals surface area (Å²) in [5.41, 5.74) is -0.831. The first-order valence-corrected chi connectivity index (χ1v) is 8.17. The summed E-state index contributed by atoms with van der Waals surface area (Å²) in [5.74, 6) is 1.32. The van der Waals surface area contributed by atoms with E-state index in [2.05, 4.69) is 5.32 Å². The van der Waals surface area contributed by atoms with Gasteiger partial charge in [0.15, 0.2) is 0 Å². The normalized spacial score (nSPS) is 33.8. The molecule has 2 bridgehead atoms. The Kier molecular flexibility index (Phi) is 4.20. The summed E-state index contributed by atoms with van der Waals surface area (Å²) < 4.78 is 5.25. The van der Waals surface area contributed by atoms with E-state index in [1.54, 1.807) is 0 Å². The fraction of sp³-hybridized carbons (Fsp3) is 0.875. The molecule has 0 spiro atoms. The molecule has 0 aromatic heterocycles. The van der Waals surface area contributed by atoms with Gasteiger partial charge in [-0.05, 0) is 49.9 Å². The SMILES string of the molecule is O=C(CC1CC2CCC1C2)NCC1(C(=O)O)CCOCC1. The summed E-state index contributed by atoms with van der Waals surface area (Å²) in [6.07, 6.45) is 6.65. The topological polar surface area (TPSA) is 75.6 Å². The quantitative estimate of drug-likeness (QED) is 0.811. The van der Waals surface area contributed by atoms with E-state index < -0.39 is 11.4 Å². The third kappa shape index (κ3) is 3.07. The zero-order chi connectivity index (χ0) is 14.9. The molecule has 1 saturated heterocycles. The van der Waals surface area contributed by atoms with E-state index in [0.29, 0.717) is 38.4 Å². The lowest BCUT2D eigenvalue weighted by atomic mass is 9.80. The molecule has 3 atom stereocenters. The fourth-order valence-electron chi connectivity index (χ4n) is 4.43. The Hall–Kier alpha value is -1.10. The van der Waals surface area contributed by atoms with Crippen molar-refractivity contribution in [3.8, 4) is 0 Å². The number of ether oxygens (including phenoxy) is 1. The molecule has 1 heterocycles. The zero-order valence-corrected chi connectivity index (χ0v) is 12.5. The predicted molar refractivity (Wildman–Crippen MR) is 76.7 cm³/mol. The van der Waals surface area contributed by atoms with Gasteiger partial charge in [-0.2, -0.15) is 0 Å². The van der Waals surface area contributed by atoms with Gasteiger partial charge in [-0.1, -0.05) is 6.42 Å². The summed E-state index contributed by atoms with van der Waals surface area (Å²) >= 11 is 0. The Morgan fingerprint density at radius 2 is 1.95 bits per heavy atom. The van der Waals surface area contributed by atoms with Gasteiger partial charge in [-0.15, -0.1) is 0 Å². The van der Waals surface area contributed by atoms with Gasteiger partial charge in [-0.3, -0.25) is 9.59 Å². The lowest BCUT2D eigenvalue weighted by Crippen LogP contribution is -2.46. The Morgan fingerprint density at radius 1 is 1.19 bits per heavy atom. The van der Waals surface area contributed by atoms with Crippen LogP contribution in [0.15, 0.2) is 0 Å².